The van der Waals surface area contributed by atoms with E-state index in [1.54, 1.807) is 11.6 Å². The molecule has 1 unspecified atom stereocenters. The Labute approximate surface area is 168 Å². The molecule has 3 rings (SSSR count). The van der Waals surface area contributed by atoms with Crippen molar-refractivity contribution in [1.82, 2.24) is 30.4 Å². The molecule has 1 amide bonds. The predicted molar refractivity (Wildman–Crippen MR) is 108 cm³/mol. The van der Waals surface area contributed by atoms with Gasteiger partial charge >= 0.3 is 5.69 Å². The van der Waals surface area contributed by atoms with Gasteiger partial charge in [-0.15, -0.1) is 5.10 Å². The minimum Gasteiger partial charge on any atom is -0.353 e. The maximum Gasteiger partial charge on any atom is 0.342 e. The van der Waals surface area contributed by atoms with Gasteiger partial charge in [-0.2, -0.15) is 10.2 Å². The first-order valence-electron chi connectivity index (χ1n) is 8.46. The van der Waals surface area contributed by atoms with Crippen molar-refractivity contribution in [2.75, 3.05) is 5.32 Å². The van der Waals surface area contributed by atoms with E-state index in [0.717, 1.165) is 5.69 Å². The number of aryl methyl sites for hydroxylation is 1. The number of rotatable bonds is 6. The van der Waals surface area contributed by atoms with E-state index in [4.69, 9.17) is 11.6 Å². The fourth-order valence-electron chi connectivity index (χ4n) is 2.37. The van der Waals surface area contributed by atoms with Crippen LogP contribution in [0.5, 0.6) is 0 Å². The van der Waals surface area contributed by atoms with E-state index in [9.17, 15) is 14.4 Å². The Morgan fingerprint density at radius 1 is 1.31 bits per heavy atom. The Balaban J connectivity index is 1.68. The zero-order valence-corrected chi connectivity index (χ0v) is 16.2. The summed E-state index contributed by atoms with van der Waals surface area (Å²) in [6.07, 6.45) is 1.39. The minimum absolute atomic E-state index is 0.195. The minimum atomic E-state index is -0.852. The molecule has 0 aliphatic rings. The van der Waals surface area contributed by atoms with Gasteiger partial charge < -0.3 is 5.32 Å². The molecule has 29 heavy (non-hydrogen) atoms. The van der Waals surface area contributed by atoms with Gasteiger partial charge in [-0.05, 0) is 26.0 Å². The highest BCUT2D eigenvalue weighted by Crippen LogP contribution is 2.21. The molecule has 1 aromatic carbocycles. The largest absolute Gasteiger partial charge is 0.353 e. The third kappa shape index (κ3) is 4.58. The van der Waals surface area contributed by atoms with Gasteiger partial charge in [-0.25, -0.2) is 20.0 Å². The van der Waals surface area contributed by atoms with Crippen molar-refractivity contribution >= 4 is 29.5 Å². The zero-order valence-electron chi connectivity index (χ0n) is 15.4. The lowest BCUT2D eigenvalue weighted by Crippen LogP contribution is -2.38. The Morgan fingerprint density at radius 3 is 2.72 bits per heavy atom. The van der Waals surface area contributed by atoms with E-state index in [0.29, 0.717) is 16.4 Å². The number of aromatic amines is 2. The van der Waals surface area contributed by atoms with E-state index in [-0.39, 0.29) is 5.82 Å². The Bertz CT molecular complexity index is 1170. The first-order valence-corrected chi connectivity index (χ1v) is 8.83. The predicted octanol–water partition coefficient (Wildman–Crippen LogP) is 0.556. The van der Waals surface area contributed by atoms with Crippen LogP contribution in [0.3, 0.4) is 0 Å². The lowest BCUT2D eigenvalue weighted by Gasteiger charge is -2.11. The number of benzene rings is 1. The molecule has 0 aliphatic heterocycles. The number of amides is 1. The summed E-state index contributed by atoms with van der Waals surface area (Å²) in [6, 6.07) is 8.50. The van der Waals surface area contributed by atoms with Crippen molar-refractivity contribution in [2.45, 2.75) is 19.9 Å². The van der Waals surface area contributed by atoms with Gasteiger partial charge in [0.15, 0.2) is 0 Å². The fraction of sp³-hybridized carbons (Fsp3) is 0.176. The molecule has 11 nitrogen and oxygen atoms in total. The zero-order chi connectivity index (χ0) is 21.0. The van der Waals surface area contributed by atoms with Crippen LogP contribution in [0.15, 0.2) is 45.0 Å². The molecule has 2 heterocycles. The second-order valence-corrected chi connectivity index (χ2v) is 6.35. The van der Waals surface area contributed by atoms with Gasteiger partial charge in [0.1, 0.15) is 11.2 Å². The van der Waals surface area contributed by atoms with Crippen molar-refractivity contribution in [3.63, 3.8) is 0 Å². The molecule has 0 bridgehead atoms. The number of H-pyrrole nitrogens is 2. The molecular formula is C17H17ClN8O3. The number of halogens is 1. The van der Waals surface area contributed by atoms with E-state index in [1.807, 2.05) is 35.3 Å². The molecule has 0 radical (unpaired) electrons. The molecule has 4 N–H and O–H groups in total. The molecule has 12 heteroatoms. The van der Waals surface area contributed by atoms with Crippen LogP contribution in [0, 0.1) is 6.92 Å². The summed E-state index contributed by atoms with van der Waals surface area (Å²) in [6.45, 7) is 3.27. The number of nitrogens with one attached hydrogen (secondary N) is 4. The maximum atomic E-state index is 12.2. The Morgan fingerprint density at radius 2 is 2.03 bits per heavy atom. The number of aromatic nitrogens is 5. The van der Waals surface area contributed by atoms with Gasteiger partial charge in [0.05, 0.1) is 23.2 Å². The number of hydrogen-bond acceptors (Lipinski definition) is 7. The van der Waals surface area contributed by atoms with Gasteiger partial charge in [-0.1, -0.05) is 29.8 Å². The van der Waals surface area contributed by atoms with Crippen molar-refractivity contribution in [3.8, 4) is 5.69 Å². The van der Waals surface area contributed by atoms with Crippen molar-refractivity contribution in [2.24, 2.45) is 5.10 Å². The van der Waals surface area contributed by atoms with Crippen LogP contribution in [0.2, 0.25) is 5.15 Å². The van der Waals surface area contributed by atoms with Crippen LogP contribution < -0.4 is 22.0 Å². The van der Waals surface area contributed by atoms with Crippen LogP contribution >= 0.6 is 11.6 Å². The number of para-hydroxylation sites is 1. The highest BCUT2D eigenvalue weighted by atomic mass is 35.5. The van der Waals surface area contributed by atoms with Crippen molar-refractivity contribution < 1.29 is 4.79 Å². The number of carbonyl (C=O) groups excluding carboxylic acids is 1. The van der Waals surface area contributed by atoms with Crippen LogP contribution in [0.1, 0.15) is 18.2 Å². The first-order chi connectivity index (χ1) is 13.9. The van der Waals surface area contributed by atoms with Gasteiger partial charge in [-0.3, -0.25) is 14.6 Å². The van der Waals surface area contributed by atoms with Crippen LogP contribution in [0.4, 0.5) is 5.82 Å². The summed E-state index contributed by atoms with van der Waals surface area (Å²) >= 11 is 6.39. The van der Waals surface area contributed by atoms with E-state index >= 15 is 0 Å². The van der Waals surface area contributed by atoms with Crippen LogP contribution in [-0.2, 0) is 4.79 Å². The van der Waals surface area contributed by atoms with E-state index < -0.39 is 23.2 Å². The molecule has 3 aromatic rings. The summed E-state index contributed by atoms with van der Waals surface area (Å²) < 4.78 is 1.57. The second-order valence-electron chi connectivity index (χ2n) is 5.99. The number of hydrogen-bond donors (Lipinski definition) is 4. The van der Waals surface area contributed by atoms with Crippen LogP contribution in [-0.4, -0.2) is 43.1 Å². The fourth-order valence-corrected chi connectivity index (χ4v) is 2.69. The molecule has 0 aliphatic carbocycles. The molecule has 0 saturated heterocycles. The highest BCUT2D eigenvalue weighted by Gasteiger charge is 2.16. The summed E-state index contributed by atoms with van der Waals surface area (Å²) in [7, 11) is 0. The number of hydrazone groups is 1. The smallest absolute Gasteiger partial charge is 0.342 e. The average molecular weight is 417 g/mol. The summed E-state index contributed by atoms with van der Waals surface area (Å²) in [5.74, 6) is -0.725. The summed E-state index contributed by atoms with van der Waals surface area (Å²) in [4.78, 5) is 36.7. The lowest BCUT2D eigenvalue weighted by atomic mass is 10.3. The topological polar surface area (TPSA) is 150 Å². The molecule has 2 aromatic heterocycles. The molecular weight excluding hydrogens is 400 g/mol. The monoisotopic (exact) mass is 416 g/mol. The van der Waals surface area contributed by atoms with Gasteiger partial charge in [0.25, 0.3) is 11.5 Å². The number of anilines is 1. The number of nitrogens with zero attached hydrogens (tertiary/aromatic N) is 4. The van der Waals surface area contributed by atoms with E-state index in [1.165, 1.54) is 13.1 Å². The standard InChI is InChI=1S/C17H17ClN8O3/c1-9-12(13(18)26(25-9)11-6-4-3-5-7-11)8-19-23-15(27)10(2)20-14-16(28)21-17(29)24-22-14/h3-8,10H,1-2H3,(H,20,22)(H,23,27)(H2,21,24,28,29)/b19-8+. The lowest BCUT2D eigenvalue weighted by molar-refractivity contribution is -0.121. The van der Waals surface area contributed by atoms with Crippen LogP contribution in [0.25, 0.3) is 5.69 Å². The first kappa shape index (κ1) is 20.0. The summed E-state index contributed by atoms with van der Waals surface area (Å²) in [5.41, 5.74) is 2.83. The highest BCUT2D eigenvalue weighted by molar-refractivity contribution is 6.32. The summed E-state index contributed by atoms with van der Waals surface area (Å²) in [5, 5.41) is 16.8. The second kappa shape index (κ2) is 8.52. The molecule has 0 fully saturated rings. The van der Waals surface area contributed by atoms with Crippen molar-refractivity contribution in [1.29, 1.82) is 0 Å². The molecule has 0 spiro atoms. The third-order valence-electron chi connectivity index (χ3n) is 3.88. The van der Waals surface area contributed by atoms with E-state index in [2.05, 4.69) is 31.1 Å². The average Bonchev–Trinajstić information content (AvgIpc) is 2.98. The van der Waals surface area contributed by atoms with Crippen molar-refractivity contribution in [3.05, 3.63) is 67.6 Å². The molecule has 0 saturated carbocycles. The SMILES string of the molecule is Cc1nn(-c2ccccc2)c(Cl)c1/C=N/NC(=O)C(C)Nc1n[nH]c(=O)[nH]c1=O. The number of carbonyl (C=O) groups is 1. The Hall–Kier alpha value is -3.73. The maximum absolute atomic E-state index is 12.2. The van der Waals surface area contributed by atoms with Gasteiger partial charge in [0.2, 0.25) is 5.82 Å². The Kier molecular flexibility index (Phi) is 5.88. The normalized spacial score (nSPS) is 12.1. The third-order valence-corrected chi connectivity index (χ3v) is 4.24. The molecule has 150 valence electrons. The van der Waals surface area contributed by atoms with Gasteiger partial charge in [0, 0.05) is 0 Å². The quantitative estimate of drug-likeness (QED) is 0.340. The molecule has 1 atom stereocenters.